The Balaban J connectivity index is 2.27. The van der Waals surface area contributed by atoms with Crippen LogP contribution in [-0.2, 0) is 17.6 Å². The van der Waals surface area contributed by atoms with E-state index in [1.807, 2.05) is 0 Å². The summed E-state index contributed by atoms with van der Waals surface area (Å²) in [5.41, 5.74) is 8.08. The van der Waals surface area contributed by atoms with Crippen molar-refractivity contribution in [3.05, 3.63) is 21.7 Å². The van der Waals surface area contributed by atoms with Gasteiger partial charge < -0.3 is 20.3 Å². The van der Waals surface area contributed by atoms with Gasteiger partial charge in [-0.25, -0.2) is 0 Å². The van der Waals surface area contributed by atoms with Crippen molar-refractivity contribution in [2.24, 2.45) is 5.73 Å². The number of carboxylic acids is 1. The highest BCUT2D eigenvalue weighted by Gasteiger charge is 2.34. The first kappa shape index (κ1) is 14.5. The van der Waals surface area contributed by atoms with Crippen LogP contribution in [0.5, 0.6) is 11.5 Å². The molecule has 5 nitrogen and oxygen atoms in total. The van der Waals surface area contributed by atoms with E-state index in [1.165, 1.54) is 0 Å². The summed E-state index contributed by atoms with van der Waals surface area (Å²) in [7, 11) is 0. The molecule has 2 heterocycles. The summed E-state index contributed by atoms with van der Waals surface area (Å²) in [4.78, 5) is 11.6. The quantitative estimate of drug-likeness (QED) is 0.893. The maximum Gasteiger partial charge on any atom is 0.312 e. The lowest BCUT2D eigenvalue weighted by molar-refractivity contribution is -0.138. The van der Waals surface area contributed by atoms with Crippen molar-refractivity contribution in [1.82, 2.24) is 0 Å². The van der Waals surface area contributed by atoms with Gasteiger partial charge in [0.2, 0.25) is 0 Å². The van der Waals surface area contributed by atoms with Gasteiger partial charge in [-0.1, -0.05) is 11.6 Å². The van der Waals surface area contributed by atoms with E-state index in [1.54, 1.807) is 0 Å². The van der Waals surface area contributed by atoms with E-state index in [9.17, 15) is 9.90 Å². The number of carboxylic acid groups (broad SMARTS) is 1. The van der Waals surface area contributed by atoms with Crippen LogP contribution in [0, 0.1) is 0 Å². The van der Waals surface area contributed by atoms with Crippen LogP contribution in [0.3, 0.4) is 0 Å². The first-order valence-corrected chi connectivity index (χ1v) is 7.58. The molecule has 0 spiro atoms. The van der Waals surface area contributed by atoms with E-state index >= 15 is 0 Å². The number of fused-ring (bicyclic) bond motifs is 2. The molecular formula is C15H18ClNO4. The third-order valence-electron chi connectivity index (χ3n) is 4.10. The largest absolute Gasteiger partial charge is 0.493 e. The topological polar surface area (TPSA) is 81.8 Å². The van der Waals surface area contributed by atoms with Crippen LogP contribution in [0.1, 0.15) is 35.4 Å². The molecule has 0 saturated heterocycles. The lowest BCUT2D eigenvalue weighted by Crippen LogP contribution is -2.26. The fraction of sp³-hybridized carbons (Fsp3) is 0.533. The van der Waals surface area contributed by atoms with Crippen molar-refractivity contribution >= 4 is 17.6 Å². The first-order valence-electron chi connectivity index (χ1n) is 7.20. The Morgan fingerprint density at radius 3 is 2.43 bits per heavy atom. The van der Waals surface area contributed by atoms with Crippen LogP contribution in [0.2, 0.25) is 5.02 Å². The zero-order chi connectivity index (χ0) is 15.0. The van der Waals surface area contributed by atoms with Gasteiger partial charge in [0.15, 0.2) is 0 Å². The van der Waals surface area contributed by atoms with Crippen LogP contribution in [0.15, 0.2) is 0 Å². The molecule has 0 bridgehead atoms. The molecule has 1 aromatic carbocycles. The summed E-state index contributed by atoms with van der Waals surface area (Å²) in [6.07, 6.45) is 3.22. The number of rotatable bonds is 3. The second kappa shape index (κ2) is 5.73. The fourth-order valence-electron chi connectivity index (χ4n) is 3.13. The van der Waals surface area contributed by atoms with E-state index in [-0.39, 0.29) is 6.54 Å². The molecule has 2 aliphatic heterocycles. The SMILES string of the molecule is NCC(C(=O)O)c1c2c(c(Cl)c3c1OCCC3)OCCC2. The minimum absolute atomic E-state index is 0.0270. The monoisotopic (exact) mass is 311 g/mol. The predicted molar refractivity (Wildman–Crippen MR) is 78.5 cm³/mol. The normalized spacial score (nSPS) is 18.0. The van der Waals surface area contributed by atoms with Gasteiger partial charge in [0.05, 0.1) is 24.2 Å². The highest BCUT2D eigenvalue weighted by atomic mass is 35.5. The molecule has 3 N–H and O–H groups in total. The van der Waals surface area contributed by atoms with E-state index < -0.39 is 11.9 Å². The molecule has 6 heteroatoms. The Bertz CT molecular complexity index is 551. The molecule has 0 saturated carbocycles. The summed E-state index contributed by atoms with van der Waals surface area (Å²) in [6, 6.07) is 0. The summed E-state index contributed by atoms with van der Waals surface area (Å²) >= 11 is 6.46. The van der Waals surface area contributed by atoms with Gasteiger partial charge in [-0.2, -0.15) is 0 Å². The van der Waals surface area contributed by atoms with Crippen LogP contribution in [0.25, 0.3) is 0 Å². The number of carbonyl (C=O) groups is 1. The van der Waals surface area contributed by atoms with Gasteiger partial charge >= 0.3 is 5.97 Å². The Labute approximate surface area is 128 Å². The first-order chi connectivity index (χ1) is 10.1. The Hall–Kier alpha value is -1.46. The van der Waals surface area contributed by atoms with E-state index in [0.717, 1.165) is 36.8 Å². The molecule has 0 radical (unpaired) electrons. The van der Waals surface area contributed by atoms with Crippen molar-refractivity contribution in [1.29, 1.82) is 0 Å². The summed E-state index contributed by atoms with van der Waals surface area (Å²) in [6.45, 7) is 1.21. The fourth-order valence-corrected chi connectivity index (χ4v) is 3.48. The van der Waals surface area contributed by atoms with E-state index in [2.05, 4.69) is 0 Å². The number of nitrogens with two attached hydrogens (primary N) is 1. The smallest absolute Gasteiger partial charge is 0.312 e. The van der Waals surface area contributed by atoms with Crippen LogP contribution in [-0.4, -0.2) is 30.8 Å². The molecule has 2 aliphatic rings. The number of halogens is 1. The molecule has 3 rings (SSSR count). The Morgan fingerprint density at radius 2 is 1.81 bits per heavy atom. The Kier molecular flexibility index (Phi) is 3.95. The molecule has 0 aliphatic carbocycles. The van der Waals surface area contributed by atoms with Gasteiger partial charge in [0.25, 0.3) is 0 Å². The number of ether oxygens (including phenoxy) is 2. The molecule has 0 amide bonds. The molecular weight excluding hydrogens is 294 g/mol. The van der Waals surface area contributed by atoms with Gasteiger partial charge in [0.1, 0.15) is 11.5 Å². The lowest BCUT2D eigenvalue weighted by atomic mass is 9.86. The number of benzene rings is 1. The number of hydrogen-bond acceptors (Lipinski definition) is 4. The van der Waals surface area contributed by atoms with Crippen LogP contribution >= 0.6 is 11.6 Å². The summed E-state index contributed by atoms with van der Waals surface area (Å²) < 4.78 is 11.5. The maximum absolute atomic E-state index is 11.6. The minimum Gasteiger partial charge on any atom is -0.493 e. The van der Waals surface area contributed by atoms with Gasteiger partial charge in [-0.3, -0.25) is 4.79 Å². The molecule has 114 valence electrons. The number of hydrogen-bond donors (Lipinski definition) is 2. The van der Waals surface area contributed by atoms with E-state index in [0.29, 0.717) is 35.3 Å². The van der Waals surface area contributed by atoms with Crippen molar-refractivity contribution in [2.45, 2.75) is 31.6 Å². The average Bonchev–Trinajstić information content (AvgIpc) is 2.51. The molecule has 0 aromatic heterocycles. The second-order valence-corrected chi connectivity index (χ2v) is 5.75. The highest BCUT2D eigenvalue weighted by molar-refractivity contribution is 6.33. The molecule has 21 heavy (non-hydrogen) atoms. The standard InChI is InChI=1S/C15H18ClNO4/c16-12-9-4-2-5-20-13(9)11(10(7-17)15(18)19)8-3-1-6-21-14(8)12/h10H,1-7,17H2,(H,18,19). The number of aliphatic carboxylic acids is 1. The second-order valence-electron chi connectivity index (χ2n) is 5.37. The third kappa shape index (κ3) is 2.34. The Morgan fingerprint density at radius 1 is 1.19 bits per heavy atom. The van der Waals surface area contributed by atoms with Gasteiger partial charge in [-0.15, -0.1) is 0 Å². The molecule has 1 atom stereocenters. The lowest BCUT2D eigenvalue weighted by Gasteiger charge is -2.30. The average molecular weight is 312 g/mol. The van der Waals surface area contributed by atoms with Crippen LogP contribution < -0.4 is 15.2 Å². The summed E-state index contributed by atoms with van der Waals surface area (Å²) in [5, 5.41) is 10.1. The van der Waals surface area contributed by atoms with Crippen molar-refractivity contribution in [3.8, 4) is 11.5 Å². The van der Waals surface area contributed by atoms with Crippen molar-refractivity contribution in [3.63, 3.8) is 0 Å². The third-order valence-corrected chi connectivity index (χ3v) is 4.50. The predicted octanol–water partition coefficient (Wildman–Crippen LogP) is 2.12. The highest BCUT2D eigenvalue weighted by Crippen LogP contribution is 2.48. The van der Waals surface area contributed by atoms with Crippen LogP contribution in [0.4, 0.5) is 0 Å². The van der Waals surface area contributed by atoms with Crippen molar-refractivity contribution < 1.29 is 19.4 Å². The zero-order valence-electron chi connectivity index (χ0n) is 11.7. The molecule has 1 unspecified atom stereocenters. The van der Waals surface area contributed by atoms with E-state index in [4.69, 9.17) is 26.8 Å². The summed E-state index contributed by atoms with van der Waals surface area (Å²) in [5.74, 6) is -0.483. The zero-order valence-corrected chi connectivity index (χ0v) is 12.4. The van der Waals surface area contributed by atoms with Crippen molar-refractivity contribution in [2.75, 3.05) is 19.8 Å². The molecule has 0 fully saturated rings. The minimum atomic E-state index is -0.941. The maximum atomic E-state index is 11.6. The van der Waals surface area contributed by atoms with Gasteiger partial charge in [0, 0.05) is 23.2 Å². The molecule has 1 aromatic rings. The van der Waals surface area contributed by atoms with Gasteiger partial charge in [-0.05, 0) is 25.7 Å².